The minimum absolute atomic E-state index is 0.0511. The van der Waals surface area contributed by atoms with Crippen LogP contribution >= 0.6 is 15.9 Å². The molecule has 3 rings (SSSR count). The third-order valence-corrected chi connectivity index (χ3v) is 5.14. The van der Waals surface area contributed by atoms with Crippen molar-refractivity contribution in [3.8, 4) is 0 Å². The Hall–Kier alpha value is -0.650. The minimum atomic E-state index is 0.0511. The highest BCUT2D eigenvalue weighted by Crippen LogP contribution is 2.27. The summed E-state index contributed by atoms with van der Waals surface area (Å²) in [7, 11) is 0. The molecule has 0 amide bonds. The van der Waals surface area contributed by atoms with Gasteiger partial charge in [-0.05, 0) is 66.7 Å². The van der Waals surface area contributed by atoms with Crippen molar-refractivity contribution in [2.75, 3.05) is 37.6 Å². The van der Waals surface area contributed by atoms with Gasteiger partial charge in [-0.15, -0.1) is 0 Å². The number of aromatic nitrogens is 1. The van der Waals surface area contributed by atoms with Gasteiger partial charge in [-0.2, -0.15) is 0 Å². The zero-order valence-corrected chi connectivity index (χ0v) is 14.1. The van der Waals surface area contributed by atoms with E-state index in [2.05, 4.69) is 30.7 Å². The Kier molecular flexibility index (Phi) is 5.14. The second-order valence-electron chi connectivity index (χ2n) is 6.23. The van der Waals surface area contributed by atoms with Crippen LogP contribution in [0.15, 0.2) is 16.7 Å². The van der Waals surface area contributed by atoms with Crippen molar-refractivity contribution >= 4 is 21.7 Å². The third kappa shape index (κ3) is 3.76. The fourth-order valence-electron chi connectivity index (χ4n) is 3.53. The molecule has 0 saturated carbocycles. The number of hydrogen-bond acceptors (Lipinski definition) is 4. The summed E-state index contributed by atoms with van der Waals surface area (Å²) in [6, 6.07) is 1.97. The maximum absolute atomic E-state index is 9.52. The highest BCUT2D eigenvalue weighted by atomic mass is 79.9. The molecule has 2 saturated heterocycles. The molecule has 2 aliphatic rings. The average molecular weight is 354 g/mol. The van der Waals surface area contributed by atoms with Gasteiger partial charge < -0.3 is 14.9 Å². The molecule has 4 nitrogen and oxygen atoms in total. The second-order valence-corrected chi connectivity index (χ2v) is 7.15. The first-order valence-corrected chi connectivity index (χ1v) is 8.78. The highest BCUT2D eigenvalue weighted by molar-refractivity contribution is 9.10. The Morgan fingerprint density at radius 3 is 2.57 bits per heavy atom. The maximum Gasteiger partial charge on any atom is 0.134 e. The Morgan fingerprint density at radius 1 is 1.19 bits per heavy atom. The van der Waals surface area contributed by atoms with Crippen molar-refractivity contribution in [2.24, 2.45) is 5.92 Å². The molecule has 0 unspecified atom stereocenters. The number of rotatable bonds is 4. The fourth-order valence-corrected chi connectivity index (χ4v) is 3.91. The monoisotopic (exact) mass is 353 g/mol. The van der Waals surface area contributed by atoms with Gasteiger partial charge in [0.2, 0.25) is 0 Å². The first-order valence-electron chi connectivity index (χ1n) is 7.99. The van der Waals surface area contributed by atoms with Crippen molar-refractivity contribution in [2.45, 2.75) is 32.3 Å². The second kappa shape index (κ2) is 7.07. The summed E-state index contributed by atoms with van der Waals surface area (Å²) < 4.78 is 0.930. The number of piperidine rings is 1. The number of nitrogens with zero attached hydrogens (tertiary/aromatic N) is 3. The van der Waals surface area contributed by atoms with E-state index < -0.39 is 0 Å². The first kappa shape index (κ1) is 15.3. The lowest BCUT2D eigenvalue weighted by Crippen LogP contribution is -2.38. The normalized spacial score (nSPS) is 21.1. The zero-order valence-electron chi connectivity index (χ0n) is 12.5. The van der Waals surface area contributed by atoms with Gasteiger partial charge in [0.1, 0.15) is 5.82 Å². The van der Waals surface area contributed by atoms with Gasteiger partial charge in [0.05, 0.1) is 6.61 Å². The van der Waals surface area contributed by atoms with Crippen LogP contribution in [0.2, 0.25) is 0 Å². The van der Waals surface area contributed by atoms with Crippen molar-refractivity contribution < 1.29 is 5.11 Å². The molecule has 0 atom stereocenters. The van der Waals surface area contributed by atoms with Crippen molar-refractivity contribution in [1.82, 2.24) is 9.88 Å². The lowest BCUT2D eigenvalue weighted by Gasteiger charge is -2.35. The average Bonchev–Trinajstić information content (AvgIpc) is 3.01. The highest BCUT2D eigenvalue weighted by Gasteiger charge is 2.24. The topological polar surface area (TPSA) is 39.6 Å². The van der Waals surface area contributed by atoms with E-state index in [4.69, 9.17) is 0 Å². The number of likely N-dealkylation sites (tertiary alicyclic amines) is 1. The van der Waals surface area contributed by atoms with Crippen LogP contribution in [0.3, 0.4) is 0 Å². The Bertz CT molecular complexity index is 469. The number of aliphatic hydroxyl groups is 1. The van der Waals surface area contributed by atoms with E-state index in [1.165, 1.54) is 45.3 Å². The van der Waals surface area contributed by atoms with Crippen LogP contribution in [0.5, 0.6) is 0 Å². The van der Waals surface area contributed by atoms with Crippen LogP contribution in [0.1, 0.15) is 31.2 Å². The lowest BCUT2D eigenvalue weighted by atomic mass is 9.96. The summed E-state index contributed by atoms with van der Waals surface area (Å²) in [6.45, 7) is 6.02. The largest absolute Gasteiger partial charge is 0.392 e. The standard InChI is InChI=1S/C16H24BrN3O/c17-15-9-14(12-21)16(18-10-15)20-7-3-13(4-8-20)11-19-5-1-2-6-19/h9-10,13,21H,1-8,11-12H2. The summed E-state index contributed by atoms with van der Waals surface area (Å²) in [5, 5.41) is 9.52. The summed E-state index contributed by atoms with van der Waals surface area (Å²) in [5.41, 5.74) is 0.919. The summed E-state index contributed by atoms with van der Waals surface area (Å²) in [5.74, 6) is 1.78. The zero-order chi connectivity index (χ0) is 14.7. The van der Waals surface area contributed by atoms with Gasteiger partial charge >= 0.3 is 0 Å². The number of pyridine rings is 1. The molecule has 2 aliphatic heterocycles. The first-order chi connectivity index (χ1) is 10.3. The molecule has 1 aromatic heterocycles. The van der Waals surface area contributed by atoms with Crippen LogP contribution in [0, 0.1) is 5.92 Å². The van der Waals surface area contributed by atoms with Crippen molar-refractivity contribution in [3.05, 3.63) is 22.3 Å². The van der Waals surface area contributed by atoms with E-state index in [0.29, 0.717) is 0 Å². The molecule has 0 bridgehead atoms. The SMILES string of the molecule is OCc1cc(Br)cnc1N1CCC(CN2CCCC2)CC1. The van der Waals surface area contributed by atoms with Crippen LogP contribution < -0.4 is 4.90 Å². The number of hydrogen-bond donors (Lipinski definition) is 1. The third-order valence-electron chi connectivity index (χ3n) is 4.71. The minimum Gasteiger partial charge on any atom is -0.392 e. The van der Waals surface area contributed by atoms with Gasteiger partial charge in [-0.25, -0.2) is 4.98 Å². The molecule has 2 fully saturated rings. The van der Waals surface area contributed by atoms with E-state index in [9.17, 15) is 5.11 Å². The van der Waals surface area contributed by atoms with E-state index >= 15 is 0 Å². The van der Waals surface area contributed by atoms with Gasteiger partial charge in [0, 0.05) is 35.9 Å². The van der Waals surface area contributed by atoms with Crippen LogP contribution in [-0.4, -0.2) is 47.7 Å². The molecule has 0 aromatic carbocycles. The molecule has 1 N–H and O–H groups in total. The van der Waals surface area contributed by atoms with Crippen molar-refractivity contribution in [1.29, 1.82) is 0 Å². The predicted molar refractivity (Wildman–Crippen MR) is 88.5 cm³/mol. The van der Waals surface area contributed by atoms with Gasteiger partial charge in [-0.1, -0.05) is 0 Å². The quantitative estimate of drug-likeness (QED) is 0.903. The van der Waals surface area contributed by atoms with Gasteiger partial charge in [0.25, 0.3) is 0 Å². The van der Waals surface area contributed by atoms with Crippen LogP contribution in [0.25, 0.3) is 0 Å². The molecular formula is C16H24BrN3O. The summed E-state index contributed by atoms with van der Waals surface area (Å²) in [6.07, 6.45) is 7.05. The van der Waals surface area contributed by atoms with E-state index in [1.54, 1.807) is 0 Å². The fraction of sp³-hybridized carbons (Fsp3) is 0.688. The molecule has 3 heterocycles. The van der Waals surface area contributed by atoms with E-state index in [0.717, 1.165) is 34.9 Å². The van der Waals surface area contributed by atoms with Crippen LogP contribution in [0.4, 0.5) is 5.82 Å². The molecule has 0 aliphatic carbocycles. The van der Waals surface area contributed by atoms with Gasteiger partial charge in [-0.3, -0.25) is 0 Å². The molecule has 5 heteroatoms. The van der Waals surface area contributed by atoms with Crippen molar-refractivity contribution in [3.63, 3.8) is 0 Å². The molecule has 1 aromatic rings. The molecule has 21 heavy (non-hydrogen) atoms. The molecular weight excluding hydrogens is 330 g/mol. The summed E-state index contributed by atoms with van der Waals surface area (Å²) in [4.78, 5) is 9.46. The summed E-state index contributed by atoms with van der Waals surface area (Å²) >= 11 is 3.42. The smallest absolute Gasteiger partial charge is 0.134 e. The van der Waals surface area contributed by atoms with Gasteiger partial charge in [0.15, 0.2) is 0 Å². The number of aliphatic hydroxyl groups excluding tert-OH is 1. The van der Waals surface area contributed by atoms with E-state index in [-0.39, 0.29) is 6.61 Å². The van der Waals surface area contributed by atoms with Crippen LogP contribution in [-0.2, 0) is 6.61 Å². The number of anilines is 1. The Morgan fingerprint density at radius 2 is 1.90 bits per heavy atom. The lowest BCUT2D eigenvalue weighted by molar-refractivity contribution is 0.248. The molecule has 0 spiro atoms. The van der Waals surface area contributed by atoms with E-state index in [1.807, 2.05) is 12.3 Å². The predicted octanol–water partition coefficient (Wildman–Crippen LogP) is 2.65. The number of halogens is 1. The Balaban J connectivity index is 1.57. The Labute approximate surface area is 135 Å². The molecule has 116 valence electrons. The maximum atomic E-state index is 9.52. The molecule has 0 radical (unpaired) electrons.